The molecule has 0 amide bonds. The van der Waals surface area contributed by atoms with E-state index in [1.165, 1.54) is 0 Å². The molecule has 0 heterocycles. The zero-order valence-electron chi connectivity index (χ0n) is 14.4. The molecule has 3 rings (SSSR count). The van der Waals surface area contributed by atoms with Crippen molar-refractivity contribution in [1.82, 2.24) is 0 Å². The van der Waals surface area contributed by atoms with E-state index >= 15 is 0 Å². The highest BCUT2D eigenvalue weighted by atomic mass is 16.3. The maximum atomic E-state index is 13.0. The highest BCUT2D eigenvalue weighted by molar-refractivity contribution is 6.30. The van der Waals surface area contributed by atoms with Crippen LogP contribution in [0.15, 0.2) is 36.4 Å². The van der Waals surface area contributed by atoms with E-state index in [0.717, 1.165) is 5.69 Å². The average molecular weight is 354 g/mol. The van der Waals surface area contributed by atoms with E-state index in [1.807, 2.05) is 0 Å². The number of ketones is 2. The quantitative estimate of drug-likeness (QED) is 0.462. The Morgan fingerprint density at radius 2 is 1.50 bits per heavy atom. The first-order valence-corrected chi connectivity index (χ1v) is 8.73. The first kappa shape index (κ1) is 18.1. The Labute approximate surface area is 151 Å². The second kappa shape index (κ2) is 8.12. The van der Waals surface area contributed by atoms with Crippen LogP contribution < -0.4 is 10.6 Å². The van der Waals surface area contributed by atoms with E-state index in [1.54, 1.807) is 36.4 Å². The summed E-state index contributed by atoms with van der Waals surface area (Å²) < 4.78 is 0. The molecule has 1 aliphatic carbocycles. The molecular weight excluding hydrogens is 332 g/mol. The van der Waals surface area contributed by atoms with Crippen molar-refractivity contribution in [2.45, 2.75) is 12.8 Å². The Morgan fingerprint density at radius 1 is 0.769 bits per heavy atom. The zero-order chi connectivity index (χ0) is 18.5. The summed E-state index contributed by atoms with van der Waals surface area (Å²) in [5, 5.41) is 24.1. The number of carbonyl (C=O) groups is 2. The van der Waals surface area contributed by atoms with Gasteiger partial charge in [-0.05, 0) is 37.1 Å². The van der Waals surface area contributed by atoms with E-state index in [4.69, 9.17) is 10.2 Å². The molecule has 1 aliphatic rings. The van der Waals surface area contributed by atoms with Gasteiger partial charge in [0.05, 0.1) is 5.56 Å². The molecule has 0 saturated carbocycles. The SMILES string of the molecule is O=C1c2cc(NCCCO)ccc2C(=O)c2c(NCCCO)cccc21. The van der Waals surface area contributed by atoms with Gasteiger partial charge in [0, 0.05) is 54.4 Å². The van der Waals surface area contributed by atoms with Crippen LogP contribution in [0.1, 0.15) is 44.7 Å². The van der Waals surface area contributed by atoms with Crippen molar-refractivity contribution in [3.8, 4) is 0 Å². The van der Waals surface area contributed by atoms with Crippen LogP contribution in [-0.4, -0.2) is 48.1 Å². The number of carbonyl (C=O) groups excluding carboxylic acids is 2. The predicted octanol–water partition coefficient (Wildman–Crippen LogP) is 2.05. The fourth-order valence-corrected chi connectivity index (χ4v) is 3.07. The molecule has 0 unspecified atom stereocenters. The molecular formula is C20H22N2O4. The second-order valence-corrected chi connectivity index (χ2v) is 6.15. The fourth-order valence-electron chi connectivity index (χ4n) is 3.07. The summed E-state index contributed by atoms with van der Waals surface area (Å²) in [6.45, 7) is 1.26. The number of hydrogen-bond donors (Lipinski definition) is 4. The van der Waals surface area contributed by atoms with Gasteiger partial charge in [-0.1, -0.05) is 12.1 Å². The Morgan fingerprint density at radius 3 is 2.23 bits per heavy atom. The first-order valence-electron chi connectivity index (χ1n) is 8.73. The van der Waals surface area contributed by atoms with Crippen LogP contribution in [0.3, 0.4) is 0 Å². The van der Waals surface area contributed by atoms with Gasteiger partial charge in [0.15, 0.2) is 11.6 Å². The minimum Gasteiger partial charge on any atom is -0.396 e. The molecule has 2 aromatic carbocycles. The first-order chi connectivity index (χ1) is 12.7. The number of rotatable bonds is 8. The van der Waals surface area contributed by atoms with Crippen LogP contribution in [-0.2, 0) is 0 Å². The fraction of sp³-hybridized carbons (Fsp3) is 0.300. The number of benzene rings is 2. The summed E-state index contributed by atoms with van der Waals surface area (Å²) >= 11 is 0. The van der Waals surface area contributed by atoms with Crippen molar-refractivity contribution in [1.29, 1.82) is 0 Å². The number of fused-ring (bicyclic) bond motifs is 2. The zero-order valence-corrected chi connectivity index (χ0v) is 14.4. The lowest BCUT2D eigenvalue weighted by Gasteiger charge is -2.21. The van der Waals surface area contributed by atoms with Crippen LogP contribution in [0.2, 0.25) is 0 Å². The Kier molecular flexibility index (Phi) is 5.65. The van der Waals surface area contributed by atoms with Gasteiger partial charge in [-0.25, -0.2) is 0 Å². The molecule has 2 aromatic rings. The van der Waals surface area contributed by atoms with Crippen molar-refractivity contribution in [2.24, 2.45) is 0 Å². The summed E-state index contributed by atoms with van der Waals surface area (Å²) in [6, 6.07) is 10.3. The van der Waals surface area contributed by atoms with Crippen molar-refractivity contribution in [3.63, 3.8) is 0 Å². The van der Waals surface area contributed by atoms with Gasteiger partial charge in [0.1, 0.15) is 0 Å². The molecule has 0 saturated heterocycles. The average Bonchev–Trinajstić information content (AvgIpc) is 2.66. The van der Waals surface area contributed by atoms with E-state index in [0.29, 0.717) is 53.9 Å². The van der Waals surface area contributed by atoms with Gasteiger partial charge < -0.3 is 20.8 Å². The van der Waals surface area contributed by atoms with Crippen molar-refractivity contribution >= 4 is 22.9 Å². The normalized spacial score (nSPS) is 12.5. The molecule has 0 fully saturated rings. The smallest absolute Gasteiger partial charge is 0.196 e. The predicted molar refractivity (Wildman–Crippen MR) is 100 cm³/mol. The lowest BCUT2D eigenvalue weighted by atomic mass is 9.83. The monoisotopic (exact) mass is 354 g/mol. The lowest BCUT2D eigenvalue weighted by Crippen LogP contribution is -2.23. The molecule has 0 atom stereocenters. The van der Waals surface area contributed by atoms with Crippen molar-refractivity contribution < 1.29 is 19.8 Å². The summed E-state index contributed by atoms with van der Waals surface area (Å²) in [7, 11) is 0. The van der Waals surface area contributed by atoms with Crippen molar-refractivity contribution in [2.75, 3.05) is 36.9 Å². The van der Waals surface area contributed by atoms with E-state index < -0.39 is 0 Å². The Bertz CT molecular complexity index is 829. The lowest BCUT2D eigenvalue weighted by molar-refractivity contribution is 0.0979. The maximum absolute atomic E-state index is 13.0. The highest BCUT2D eigenvalue weighted by Gasteiger charge is 2.31. The topological polar surface area (TPSA) is 98.7 Å². The molecule has 26 heavy (non-hydrogen) atoms. The van der Waals surface area contributed by atoms with Gasteiger partial charge in [-0.2, -0.15) is 0 Å². The minimum atomic E-state index is -0.177. The Hall–Kier alpha value is -2.70. The number of anilines is 2. The van der Waals surface area contributed by atoms with Gasteiger partial charge in [-0.15, -0.1) is 0 Å². The van der Waals surface area contributed by atoms with E-state index in [-0.39, 0.29) is 24.8 Å². The Balaban J connectivity index is 1.93. The van der Waals surface area contributed by atoms with Crippen LogP contribution in [0.5, 0.6) is 0 Å². The molecule has 6 nitrogen and oxygen atoms in total. The van der Waals surface area contributed by atoms with Gasteiger partial charge in [0.2, 0.25) is 0 Å². The molecule has 4 N–H and O–H groups in total. The second-order valence-electron chi connectivity index (χ2n) is 6.15. The number of hydrogen-bond acceptors (Lipinski definition) is 6. The van der Waals surface area contributed by atoms with E-state index in [9.17, 15) is 9.59 Å². The molecule has 136 valence electrons. The van der Waals surface area contributed by atoms with Gasteiger partial charge in [-0.3, -0.25) is 9.59 Å². The van der Waals surface area contributed by atoms with E-state index in [2.05, 4.69) is 10.6 Å². The third kappa shape index (κ3) is 3.47. The largest absolute Gasteiger partial charge is 0.396 e. The highest BCUT2D eigenvalue weighted by Crippen LogP contribution is 2.33. The molecule has 0 aliphatic heterocycles. The van der Waals surface area contributed by atoms with Gasteiger partial charge >= 0.3 is 0 Å². The summed E-state index contributed by atoms with van der Waals surface area (Å²) in [4.78, 5) is 25.9. The molecule has 0 bridgehead atoms. The molecule has 0 aromatic heterocycles. The summed E-state index contributed by atoms with van der Waals surface area (Å²) in [6.07, 6.45) is 1.17. The van der Waals surface area contributed by atoms with Crippen LogP contribution in [0, 0.1) is 0 Å². The minimum absolute atomic E-state index is 0.0593. The van der Waals surface area contributed by atoms with Crippen LogP contribution >= 0.6 is 0 Å². The third-order valence-electron chi connectivity index (χ3n) is 4.36. The standard InChI is InChI=1S/C20H22N2O4/c23-10-2-8-21-13-6-7-14-16(12-13)19(25)15-4-1-5-17(18(15)20(14)26)22-9-3-11-24/h1,4-7,12,21-24H,2-3,8-11H2. The van der Waals surface area contributed by atoms with Crippen LogP contribution in [0.4, 0.5) is 11.4 Å². The maximum Gasteiger partial charge on any atom is 0.196 e. The molecule has 0 spiro atoms. The number of aliphatic hydroxyl groups excluding tert-OH is 2. The third-order valence-corrected chi connectivity index (χ3v) is 4.36. The molecule has 6 heteroatoms. The number of aliphatic hydroxyl groups is 2. The molecule has 0 radical (unpaired) electrons. The van der Waals surface area contributed by atoms with Crippen LogP contribution in [0.25, 0.3) is 0 Å². The summed E-state index contributed by atoms with van der Waals surface area (Å²) in [5.74, 6) is -0.352. The van der Waals surface area contributed by atoms with Gasteiger partial charge in [0.25, 0.3) is 0 Å². The number of nitrogens with one attached hydrogen (secondary N) is 2. The summed E-state index contributed by atoms with van der Waals surface area (Å²) in [5.41, 5.74) is 2.94. The van der Waals surface area contributed by atoms with Crippen molar-refractivity contribution in [3.05, 3.63) is 58.7 Å².